The third kappa shape index (κ3) is 3.97. The van der Waals surface area contributed by atoms with E-state index in [-0.39, 0.29) is 6.61 Å². The summed E-state index contributed by atoms with van der Waals surface area (Å²) in [6.07, 6.45) is 0.405. The molecule has 0 amide bonds. The molecule has 0 aliphatic heterocycles. The summed E-state index contributed by atoms with van der Waals surface area (Å²) in [4.78, 5) is 22.7. The van der Waals surface area contributed by atoms with Crippen LogP contribution in [0.3, 0.4) is 0 Å². The van der Waals surface area contributed by atoms with E-state index in [9.17, 15) is 9.59 Å². The van der Waals surface area contributed by atoms with Crippen LogP contribution in [0.2, 0.25) is 0 Å². The van der Waals surface area contributed by atoms with Crippen LogP contribution in [0.25, 0.3) is 0 Å². The van der Waals surface area contributed by atoms with Crippen molar-refractivity contribution in [2.45, 2.75) is 27.2 Å². The third-order valence-corrected chi connectivity index (χ3v) is 2.19. The molecule has 0 aliphatic carbocycles. The van der Waals surface area contributed by atoms with Gasteiger partial charge < -0.3 is 14.9 Å². The third-order valence-electron chi connectivity index (χ3n) is 2.19. The Labute approximate surface area is 89.0 Å². The lowest BCUT2D eigenvalue weighted by atomic mass is 9.95. The fraction of sp³-hybridized carbons (Fsp3) is 0.800. The number of rotatable bonds is 5. The van der Waals surface area contributed by atoms with Crippen LogP contribution in [0.15, 0.2) is 0 Å². The SMILES string of the molecule is CCC(CO)C(=O)OC(=O)C(C)(C)CO. The van der Waals surface area contributed by atoms with E-state index in [1.165, 1.54) is 13.8 Å². The van der Waals surface area contributed by atoms with Crippen LogP contribution in [0.4, 0.5) is 0 Å². The minimum atomic E-state index is -1.09. The molecular weight excluding hydrogens is 200 g/mol. The molecule has 0 heterocycles. The first-order valence-corrected chi connectivity index (χ1v) is 4.86. The summed E-state index contributed by atoms with van der Waals surface area (Å²) in [7, 11) is 0. The fourth-order valence-corrected chi connectivity index (χ4v) is 0.748. The van der Waals surface area contributed by atoms with Gasteiger partial charge in [-0.1, -0.05) is 6.92 Å². The van der Waals surface area contributed by atoms with E-state index >= 15 is 0 Å². The highest BCUT2D eigenvalue weighted by molar-refractivity contribution is 5.89. The highest BCUT2D eigenvalue weighted by Gasteiger charge is 2.32. The van der Waals surface area contributed by atoms with Gasteiger partial charge in [0.1, 0.15) is 0 Å². The lowest BCUT2D eigenvalue weighted by Crippen LogP contribution is -2.34. The largest absolute Gasteiger partial charge is 0.395 e. The van der Waals surface area contributed by atoms with Crippen LogP contribution in [-0.2, 0) is 14.3 Å². The number of aliphatic hydroxyl groups is 2. The smallest absolute Gasteiger partial charge is 0.321 e. The maximum Gasteiger partial charge on any atom is 0.321 e. The number of hydrogen-bond acceptors (Lipinski definition) is 5. The molecule has 0 aliphatic rings. The van der Waals surface area contributed by atoms with Crippen LogP contribution in [-0.4, -0.2) is 35.4 Å². The van der Waals surface area contributed by atoms with E-state index in [1.807, 2.05) is 0 Å². The molecule has 15 heavy (non-hydrogen) atoms. The molecule has 0 aromatic rings. The predicted molar refractivity (Wildman–Crippen MR) is 52.8 cm³/mol. The fourth-order valence-electron chi connectivity index (χ4n) is 0.748. The maximum atomic E-state index is 11.4. The second kappa shape index (κ2) is 5.82. The molecule has 88 valence electrons. The first-order chi connectivity index (χ1) is 6.88. The van der Waals surface area contributed by atoms with Crippen molar-refractivity contribution in [3.63, 3.8) is 0 Å². The molecule has 0 radical (unpaired) electrons. The second-order valence-electron chi connectivity index (χ2n) is 4.04. The summed E-state index contributed by atoms with van der Waals surface area (Å²) in [5.74, 6) is -2.20. The first kappa shape index (κ1) is 14.1. The number of aliphatic hydroxyl groups excluding tert-OH is 2. The van der Waals surface area contributed by atoms with Crippen molar-refractivity contribution in [3.05, 3.63) is 0 Å². The van der Waals surface area contributed by atoms with Gasteiger partial charge in [-0.25, -0.2) is 0 Å². The van der Waals surface area contributed by atoms with Crippen LogP contribution < -0.4 is 0 Å². The van der Waals surface area contributed by atoms with E-state index in [0.29, 0.717) is 6.42 Å². The van der Waals surface area contributed by atoms with Gasteiger partial charge in [0.25, 0.3) is 0 Å². The summed E-state index contributed by atoms with van der Waals surface area (Å²) in [5, 5.41) is 17.7. The number of hydrogen-bond donors (Lipinski definition) is 2. The minimum Gasteiger partial charge on any atom is -0.395 e. The van der Waals surface area contributed by atoms with Crippen LogP contribution in [0.1, 0.15) is 27.2 Å². The zero-order chi connectivity index (χ0) is 12.1. The Balaban J connectivity index is 4.36. The van der Waals surface area contributed by atoms with E-state index in [2.05, 4.69) is 4.74 Å². The average Bonchev–Trinajstić information content (AvgIpc) is 2.19. The van der Waals surface area contributed by atoms with Crippen molar-refractivity contribution in [2.24, 2.45) is 11.3 Å². The van der Waals surface area contributed by atoms with Gasteiger partial charge in [-0.2, -0.15) is 0 Å². The molecule has 0 aromatic carbocycles. The molecule has 0 saturated carbocycles. The molecule has 1 atom stereocenters. The Hall–Kier alpha value is -0.940. The zero-order valence-electron chi connectivity index (χ0n) is 9.32. The van der Waals surface area contributed by atoms with Crippen LogP contribution in [0.5, 0.6) is 0 Å². The summed E-state index contributed by atoms with van der Waals surface area (Å²) in [6, 6.07) is 0. The molecule has 2 N–H and O–H groups in total. The molecule has 0 rings (SSSR count). The zero-order valence-corrected chi connectivity index (χ0v) is 9.32. The Kier molecular flexibility index (Phi) is 5.46. The van der Waals surface area contributed by atoms with Crippen molar-refractivity contribution in [2.75, 3.05) is 13.2 Å². The molecule has 0 spiro atoms. The standard InChI is InChI=1S/C10H18O5/c1-4-7(5-11)8(13)15-9(14)10(2,3)6-12/h7,11-12H,4-6H2,1-3H3. The van der Waals surface area contributed by atoms with Gasteiger partial charge in [-0.3, -0.25) is 9.59 Å². The molecular formula is C10H18O5. The molecule has 0 bridgehead atoms. The van der Waals surface area contributed by atoms with Crippen molar-refractivity contribution in [3.8, 4) is 0 Å². The monoisotopic (exact) mass is 218 g/mol. The van der Waals surface area contributed by atoms with Gasteiger partial charge in [0.2, 0.25) is 0 Å². The summed E-state index contributed by atoms with van der Waals surface area (Å²) in [6.45, 7) is 3.92. The van der Waals surface area contributed by atoms with Crippen molar-refractivity contribution in [1.29, 1.82) is 0 Å². The quantitative estimate of drug-likeness (QED) is 0.505. The van der Waals surface area contributed by atoms with Gasteiger partial charge >= 0.3 is 11.9 Å². The maximum absolute atomic E-state index is 11.4. The number of carbonyl (C=O) groups excluding carboxylic acids is 2. The van der Waals surface area contributed by atoms with E-state index < -0.39 is 29.9 Å². The minimum absolute atomic E-state index is 0.345. The molecule has 0 aromatic heterocycles. The second-order valence-corrected chi connectivity index (χ2v) is 4.04. The van der Waals surface area contributed by atoms with Crippen molar-refractivity contribution < 1.29 is 24.5 Å². The molecule has 5 heteroatoms. The van der Waals surface area contributed by atoms with Crippen molar-refractivity contribution >= 4 is 11.9 Å². The topological polar surface area (TPSA) is 83.8 Å². The van der Waals surface area contributed by atoms with Gasteiger partial charge in [-0.05, 0) is 20.3 Å². The van der Waals surface area contributed by atoms with Gasteiger partial charge in [0.15, 0.2) is 0 Å². The van der Waals surface area contributed by atoms with E-state index in [4.69, 9.17) is 10.2 Å². The molecule has 5 nitrogen and oxygen atoms in total. The highest BCUT2D eigenvalue weighted by atomic mass is 16.6. The number of esters is 2. The molecule has 0 fully saturated rings. The van der Waals surface area contributed by atoms with Crippen LogP contribution in [0, 0.1) is 11.3 Å². The number of carbonyl (C=O) groups is 2. The Morgan fingerprint density at radius 1 is 1.33 bits per heavy atom. The summed E-state index contributed by atoms with van der Waals surface area (Å²) >= 11 is 0. The molecule has 0 saturated heterocycles. The highest BCUT2D eigenvalue weighted by Crippen LogP contribution is 2.17. The Bertz CT molecular complexity index is 230. The van der Waals surface area contributed by atoms with Gasteiger partial charge in [0.05, 0.1) is 24.5 Å². The normalized spacial score (nSPS) is 13.4. The molecule has 1 unspecified atom stereocenters. The Morgan fingerprint density at radius 3 is 2.20 bits per heavy atom. The predicted octanol–water partition coefficient (Wildman–Crippen LogP) is 0.0932. The summed E-state index contributed by atoms with van der Waals surface area (Å²) < 4.78 is 4.55. The van der Waals surface area contributed by atoms with Gasteiger partial charge in [0, 0.05) is 0 Å². The van der Waals surface area contributed by atoms with E-state index in [1.54, 1.807) is 6.92 Å². The summed E-state index contributed by atoms with van der Waals surface area (Å²) in [5.41, 5.74) is -1.09. The van der Waals surface area contributed by atoms with E-state index in [0.717, 1.165) is 0 Å². The Morgan fingerprint density at radius 2 is 1.87 bits per heavy atom. The lowest BCUT2D eigenvalue weighted by molar-refractivity contribution is -0.170. The number of ether oxygens (including phenoxy) is 1. The first-order valence-electron chi connectivity index (χ1n) is 4.86. The van der Waals surface area contributed by atoms with Gasteiger partial charge in [-0.15, -0.1) is 0 Å². The average molecular weight is 218 g/mol. The van der Waals surface area contributed by atoms with Crippen molar-refractivity contribution in [1.82, 2.24) is 0 Å². The lowest BCUT2D eigenvalue weighted by Gasteiger charge is -2.19. The van der Waals surface area contributed by atoms with Crippen LogP contribution >= 0.6 is 0 Å².